The Kier molecular flexibility index (Phi) is 3.55. The molecule has 0 amide bonds. The van der Waals surface area contributed by atoms with E-state index >= 15 is 0 Å². The number of fused-ring (bicyclic) bond motifs is 1. The van der Waals surface area contributed by atoms with Gasteiger partial charge in [0.25, 0.3) is 0 Å². The molecule has 0 spiro atoms. The van der Waals surface area contributed by atoms with Crippen LogP contribution in [0.4, 0.5) is 0 Å². The molecule has 0 fully saturated rings. The first-order chi connectivity index (χ1) is 9.04. The summed E-state index contributed by atoms with van der Waals surface area (Å²) in [6.07, 6.45) is 0. The van der Waals surface area contributed by atoms with Crippen molar-refractivity contribution in [3.8, 4) is 0 Å². The highest BCUT2D eigenvalue weighted by atomic mass is 16.5. The lowest BCUT2D eigenvalue weighted by molar-refractivity contribution is -0.137. The number of hydrogen-bond donors (Lipinski definition) is 1. The van der Waals surface area contributed by atoms with Gasteiger partial charge in [0, 0.05) is 5.39 Å². The van der Waals surface area contributed by atoms with Gasteiger partial charge in [0.15, 0.2) is 0 Å². The van der Waals surface area contributed by atoms with Crippen LogP contribution in [0.2, 0.25) is 0 Å². The Morgan fingerprint density at radius 2 is 2.11 bits per heavy atom. The van der Waals surface area contributed by atoms with Gasteiger partial charge in [-0.15, -0.1) is 0 Å². The van der Waals surface area contributed by atoms with Crippen molar-refractivity contribution in [2.45, 2.75) is 20.4 Å². The van der Waals surface area contributed by atoms with Gasteiger partial charge in [-0.1, -0.05) is 18.2 Å². The minimum atomic E-state index is -0.994. The molecule has 0 aliphatic carbocycles. The standard InChI is InChI=1S/C14H15NO4/c1-3-19-14(18)11-7-10-6-4-5-9(2)13(10)15(11)8-12(16)17/h4-7H,3,8H2,1-2H3,(H,16,17). The van der Waals surface area contributed by atoms with Crippen LogP contribution in [0.1, 0.15) is 23.0 Å². The molecule has 0 saturated heterocycles. The van der Waals surface area contributed by atoms with E-state index < -0.39 is 11.9 Å². The summed E-state index contributed by atoms with van der Waals surface area (Å²) in [6, 6.07) is 7.28. The summed E-state index contributed by atoms with van der Waals surface area (Å²) >= 11 is 0. The van der Waals surface area contributed by atoms with Gasteiger partial charge in [-0.2, -0.15) is 0 Å². The van der Waals surface area contributed by atoms with E-state index in [1.54, 1.807) is 13.0 Å². The fourth-order valence-electron chi connectivity index (χ4n) is 2.19. The van der Waals surface area contributed by atoms with E-state index in [9.17, 15) is 9.59 Å². The normalized spacial score (nSPS) is 10.6. The van der Waals surface area contributed by atoms with E-state index in [1.165, 1.54) is 4.57 Å². The Hall–Kier alpha value is -2.30. The third-order valence-corrected chi connectivity index (χ3v) is 2.90. The number of carboxylic acid groups (broad SMARTS) is 1. The molecule has 1 aromatic carbocycles. The maximum Gasteiger partial charge on any atom is 0.354 e. The highest BCUT2D eigenvalue weighted by molar-refractivity contribution is 5.97. The fourth-order valence-corrected chi connectivity index (χ4v) is 2.19. The molecule has 5 heteroatoms. The summed E-state index contributed by atoms with van der Waals surface area (Å²) in [4.78, 5) is 22.9. The van der Waals surface area contributed by atoms with Gasteiger partial charge >= 0.3 is 11.9 Å². The number of para-hydroxylation sites is 1. The molecule has 5 nitrogen and oxygen atoms in total. The molecule has 1 heterocycles. The zero-order chi connectivity index (χ0) is 14.0. The van der Waals surface area contributed by atoms with Crippen LogP contribution in [0.3, 0.4) is 0 Å². The minimum absolute atomic E-state index is 0.256. The van der Waals surface area contributed by atoms with Crippen LogP contribution in [-0.4, -0.2) is 28.2 Å². The number of carbonyl (C=O) groups is 2. The van der Waals surface area contributed by atoms with Gasteiger partial charge in [-0.05, 0) is 25.5 Å². The van der Waals surface area contributed by atoms with Crippen molar-refractivity contribution in [1.82, 2.24) is 4.57 Å². The molecule has 0 aliphatic heterocycles. The smallest absolute Gasteiger partial charge is 0.354 e. The SMILES string of the molecule is CCOC(=O)c1cc2cccc(C)c2n1CC(=O)O. The number of aliphatic carboxylic acids is 1. The average Bonchev–Trinajstić information content (AvgIpc) is 2.69. The zero-order valence-corrected chi connectivity index (χ0v) is 10.8. The molecule has 1 aromatic heterocycles. The maximum absolute atomic E-state index is 11.9. The highest BCUT2D eigenvalue weighted by Crippen LogP contribution is 2.23. The Labute approximate surface area is 110 Å². The fraction of sp³-hybridized carbons (Fsp3) is 0.286. The van der Waals surface area contributed by atoms with Gasteiger partial charge in [0.1, 0.15) is 12.2 Å². The second kappa shape index (κ2) is 5.14. The largest absolute Gasteiger partial charge is 0.480 e. The van der Waals surface area contributed by atoms with E-state index in [0.717, 1.165) is 16.5 Å². The van der Waals surface area contributed by atoms with Crippen LogP contribution < -0.4 is 0 Å². The minimum Gasteiger partial charge on any atom is -0.480 e. The van der Waals surface area contributed by atoms with E-state index in [1.807, 2.05) is 25.1 Å². The second-order valence-electron chi connectivity index (χ2n) is 4.24. The second-order valence-corrected chi connectivity index (χ2v) is 4.24. The van der Waals surface area contributed by atoms with Crippen molar-refractivity contribution in [3.05, 3.63) is 35.5 Å². The van der Waals surface area contributed by atoms with Gasteiger partial charge in [-0.25, -0.2) is 4.79 Å². The van der Waals surface area contributed by atoms with E-state index in [2.05, 4.69) is 0 Å². The topological polar surface area (TPSA) is 68.5 Å². The molecule has 2 aromatic rings. The number of aromatic nitrogens is 1. The Balaban J connectivity index is 2.65. The molecule has 0 aliphatic rings. The lowest BCUT2D eigenvalue weighted by Crippen LogP contribution is -2.16. The molecular weight excluding hydrogens is 246 g/mol. The Morgan fingerprint density at radius 3 is 2.74 bits per heavy atom. The summed E-state index contributed by atoms with van der Waals surface area (Å²) in [7, 11) is 0. The van der Waals surface area contributed by atoms with E-state index in [0.29, 0.717) is 0 Å². The van der Waals surface area contributed by atoms with Gasteiger partial charge in [0.05, 0.1) is 12.1 Å². The van der Waals surface area contributed by atoms with Crippen LogP contribution >= 0.6 is 0 Å². The number of aryl methyl sites for hydroxylation is 1. The van der Waals surface area contributed by atoms with Crippen LogP contribution in [0.25, 0.3) is 10.9 Å². The number of carbonyl (C=O) groups excluding carboxylic acids is 1. The molecule has 0 radical (unpaired) electrons. The predicted octanol–water partition coefficient (Wildman–Crippen LogP) is 2.21. The predicted molar refractivity (Wildman–Crippen MR) is 70.3 cm³/mol. The number of rotatable bonds is 4. The molecule has 0 atom stereocenters. The van der Waals surface area contributed by atoms with Crippen LogP contribution in [-0.2, 0) is 16.1 Å². The number of esters is 1. The van der Waals surface area contributed by atoms with Crippen LogP contribution in [0.15, 0.2) is 24.3 Å². The molecular formula is C14H15NO4. The summed E-state index contributed by atoms with van der Waals surface area (Å²) in [5.74, 6) is -1.49. The molecule has 2 rings (SSSR count). The molecule has 1 N–H and O–H groups in total. The summed E-state index contributed by atoms with van der Waals surface area (Å²) in [5.41, 5.74) is 1.95. The van der Waals surface area contributed by atoms with Gasteiger partial charge in [0.2, 0.25) is 0 Å². The molecule has 19 heavy (non-hydrogen) atoms. The first-order valence-electron chi connectivity index (χ1n) is 6.02. The average molecular weight is 261 g/mol. The Bertz CT molecular complexity index is 642. The van der Waals surface area contributed by atoms with E-state index in [4.69, 9.17) is 9.84 Å². The van der Waals surface area contributed by atoms with Crippen molar-refractivity contribution in [2.75, 3.05) is 6.61 Å². The third kappa shape index (κ3) is 2.45. The van der Waals surface area contributed by atoms with Crippen molar-refractivity contribution < 1.29 is 19.4 Å². The summed E-state index contributed by atoms with van der Waals surface area (Å²) in [6.45, 7) is 3.60. The Morgan fingerprint density at radius 1 is 1.37 bits per heavy atom. The molecule has 100 valence electrons. The molecule has 0 saturated carbocycles. The lowest BCUT2D eigenvalue weighted by atomic mass is 10.2. The monoisotopic (exact) mass is 261 g/mol. The molecule has 0 unspecified atom stereocenters. The summed E-state index contributed by atoms with van der Waals surface area (Å²) < 4.78 is 6.46. The highest BCUT2D eigenvalue weighted by Gasteiger charge is 2.19. The maximum atomic E-state index is 11.9. The number of ether oxygens (including phenoxy) is 1. The lowest BCUT2D eigenvalue weighted by Gasteiger charge is -2.08. The number of benzene rings is 1. The van der Waals surface area contributed by atoms with Gasteiger partial charge in [-0.3, -0.25) is 4.79 Å². The van der Waals surface area contributed by atoms with Crippen LogP contribution in [0.5, 0.6) is 0 Å². The van der Waals surface area contributed by atoms with Crippen LogP contribution in [0, 0.1) is 6.92 Å². The first kappa shape index (κ1) is 13.1. The molecule has 0 bridgehead atoms. The summed E-state index contributed by atoms with van der Waals surface area (Å²) in [5, 5.41) is 9.84. The number of nitrogens with zero attached hydrogens (tertiary/aromatic N) is 1. The third-order valence-electron chi connectivity index (χ3n) is 2.90. The number of hydrogen-bond acceptors (Lipinski definition) is 3. The van der Waals surface area contributed by atoms with Crippen molar-refractivity contribution >= 4 is 22.8 Å². The number of carboxylic acids is 1. The van der Waals surface area contributed by atoms with Gasteiger partial charge < -0.3 is 14.4 Å². The zero-order valence-electron chi connectivity index (χ0n) is 10.8. The first-order valence-corrected chi connectivity index (χ1v) is 6.02. The van der Waals surface area contributed by atoms with E-state index in [-0.39, 0.29) is 18.8 Å². The van der Waals surface area contributed by atoms with Crippen molar-refractivity contribution in [3.63, 3.8) is 0 Å². The van der Waals surface area contributed by atoms with Crippen molar-refractivity contribution in [1.29, 1.82) is 0 Å². The van der Waals surface area contributed by atoms with Crippen molar-refractivity contribution in [2.24, 2.45) is 0 Å². The quantitative estimate of drug-likeness (QED) is 0.857.